The number of aryl methyl sites for hydroxylation is 3. The van der Waals surface area contributed by atoms with Crippen LogP contribution >= 0.6 is 11.3 Å². The summed E-state index contributed by atoms with van der Waals surface area (Å²) in [7, 11) is 0. The average Bonchev–Trinajstić information content (AvgIpc) is 3.29. The van der Waals surface area contributed by atoms with Gasteiger partial charge in [-0.25, -0.2) is 0 Å². The van der Waals surface area contributed by atoms with Crippen LogP contribution in [0.1, 0.15) is 53.9 Å². The summed E-state index contributed by atoms with van der Waals surface area (Å²) in [4.78, 5) is 14.0. The Morgan fingerprint density at radius 2 is 1.59 bits per heavy atom. The van der Waals surface area contributed by atoms with Crippen molar-refractivity contribution in [2.45, 2.75) is 46.1 Å². The molecule has 152 valence electrons. The minimum atomic E-state index is -0.00710. The molecule has 0 aliphatic heterocycles. The standard InChI is InChI=1S/C25H30N2OS/c1-4-18-12-14-21(15-13-18)25(22-11-8-16-29-22)26-17-23(28)27-24-19(5-2)9-7-10-20(24)6-3/h7-16,25-26H,4-6,17H2,1-3H3,(H,27,28)/t25-/m1/s1. The van der Waals surface area contributed by atoms with Crippen molar-refractivity contribution in [1.82, 2.24) is 5.32 Å². The Kier molecular flexibility index (Phi) is 7.62. The fourth-order valence-corrected chi connectivity index (χ4v) is 4.39. The molecule has 1 aromatic heterocycles. The van der Waals surface area contributed by atoms with Crippen LogP contribution in [0.4, 0.5) is 5.69 Å². The average molecular weight is 407 g/mol. The number of hydrogen-bond donors (Lipinski definition) is 2. The first-order chi connectivity index (χ1) is 14.2. The smallest absolute Gasteiger partial charge is 0.238 e. The highest BCUT2D eigenvalue weighted by molar-refractivity contribution is 7.10. The number of para-hydroxylation sites is 1. The van der Waals surface area contributed by atoms with Crippen molar-refractivity contribution in [3.63, 3.8) is 0 Å². The van der Waals surface area contributed by atoms with Gasteiger partial charge in [0.1, 0.15) is 0 Å². The normalized spacial score (nSPS) is 12.0. The lowest BCUT2D eigenvalue weighted by atomic mass is 10.0. The summed E-state index contributed by atoms with van der Waals surface area (Å²) < 4.78 is 0. The van der Waals surface area contributed by atoms with Gasteiger partial charge in [0.05, 0.1) is 12.6 Å². The molecule has 0 aliphatic rings. The molecule has 0 radical (unpaired) electrons. The van der Waals surface area contributed by atoms with Crippen LogP contribution in [0.5, 0.6) is 0 Å². The molecule has 2 aromatic carbocycles. The molecule has 3 aromatic rings. The van der Waals surface area contributed by atoms with E-state index in [0.717, 1.165) is 24.9 Å². The Balaban J connectivity index is 1.74. The molecule has 0 saturated carbocycles. The van der Waals surface area contributed by atoms with Gasteiger partial charge in [-0.3, -0.25) is 10.1 Å². The molecular formula is C25H30N2OS. The van der Waals surface area contributed by atoms with Gasteiger partial charge < -0.3 is 5.32 Å². The lowest BCUT2D eigenvalue weighted by Crippen LogP contribution is -2.32. The number of hydrogen-bond acceptors (Lipinski definition) is 3. The molecule has 3 nitrogen and oxygen atoms in total. The van der Waals surface area contributed by atoms with Crippen molar-refractivity contribution in [2.24, 2.45) is 0 Å². The van der Waals surface area contributed by atoms with Gasteiger partial charge >= 0.3 is 0 Å². The summed E-state index contributed by atoms with van der Waals surface area (Å²) in [5, 5.41) is 8.70. The second kappa shape index (κ2) is 10.4. The van der Waals surface area contributed by atoms with Crippen LogP contribution in [-0.4, -0.2) is 12.5 Å². The van der Waals surface area contributed by atoms with Gasteiger partial charge in [-0.2, -0.15) is 0 Å². The maximum absolute atomic E-state index is 12.8. The van der Waals surface area contributed by atoms with Crippen LogP contribution < -0.4 is 10.6 Å². The fourth-order valence-electron chi connectivity index (χ4n) is 3.57. The number of carbonyl (C=O) groups is 1. The minimum absolute atomic E-state index is 0.00710. The zero-order chi connectivity index (χ0) is 20.6. The third-order valence-electron chi connectivity index (χ3n) is 5.28. The van der Waals surface area contributed by atoms with E-state index >= 15 is 0 Å². The largest absolute Gasteiger partial charge is 0.324 e. The summed E-state index contributed by atoms with van der Waals surface area (Å²) in [6.45, 7) is 6.66. The Bertz CT molecular complexity index is 894. The maximum Gasteiger partial charge on any atom is 0.238 e. The van der Waals surface area contributed by atoms with E-state index in [-0.39, 0.29) is 18.5 Å². The van der Waals surface area contributed by atoms with Crippen LogP contribution in [-0.2, 0) is 24.1 Å². The second-order valence-corrected chi connectivity index (χ2v) is 8.11. The lowest BCUT2D eigenvalue weighted by molar-refractivity contribution is -0.115. The molecule has 1 atom stereocenters. The number of amides is 1. The van der Waals surface area contributed by atoms with Crippen LogP contribution in [0.15, 0.2) is 60.0 Å². The van der Waals surface area contributed by atoms with Gasteiger partial charge in [0, 0.05) is 10.6 Å². The molecule has 0 aliphatic carbocycles. The number of thiophene rings is 1. The van der Waals surface area contributed by atoms with Gasteiger partial charge in [-0.15, -0.1) is 11.3 Å². The Morgan fingerprint density at radius 1 is 0.897 bits per heavy atom. The van der Waals surface area contributed by atoms with E-state index in [9.17, 15) is 4.79 Å². The maximum atomic E-state index is 12.8. The van der Waals surface area contributed by atoms with Crippen LogP contribution in [0, 0.1) is 0 Å². The molecule has 0 unspecified atom stereocenters. The van der Waals surface area contributed by atoms with E-state index in [1.54, 1.807) is 11.3 Å². The lowest BCUT2D eigenvalue weighted by Gasteiger charge is -2.19. The summed E-state index contributed by atoms with van der Waals surface area (Å²) >= 11 is 1.71. The Morgan fingerprint density at radius 3 is 2.14 bits per heavy atom. The topological polar surface area (TPSA) is 41.1 Å². The van der Waals surface area contributed by atoms with E-state index < -0.39 is 0 Å². The van der Waals surface area contributed by atoms with Crippen LogP contribution in [0.25, 0.3) is 0 Å². The van der Waals surface area contributed by atoms with Crippen LogP contribution in [0.2, 0.25) is 0 Å². The van der Waals surface area contributed by atoms with Gasteiger partial charge in [0.25, 0.3) is 0 Å². The molecule has 0 spiro atoms. The first kappa shape index (κ1) is 21.3. The minimum Gasteiger partial charge on any atom is -0.324 e. The van der Waals surface area contributed by atoms with Gasteiger partial charge in [-0.1, -0.05) is 69.3 Å². The Labute approximate surface area is 178 Å². The summed E-state index contributed by atoms with van der Waals surface area (Å²) in [6.07, 6.45) is 2.83. The van der Waals surface area contributed by atoms with Crippen molar-refractivity contribution in [1.29, 1.82) is 0 Å². The highest BCUT2D eigenvalue weighted by Crippen LogP contribution is 2.27. The van der Waals surface area contributed by atoms with E-state index in [2.05, 4.69) is 91.4 Å². The number of nitrogens with one attached hydrogen (secondary N) is 2. The van der Waals surface area contributed by atoms with E-state index in [1.807, 2.05) is 0 Å². The molecular weight excluding hydrogens is 376 g/mol. The first-order valence-corrected chi connectivity index (χ1v) is 11.3. The van der Waals surface area contributed by atoms with E-state index in [0.29, 0.717) is 0 Å². The molecule has 0 fully saturated rings. The van der Waals surface area contributed by atoms with E-state index in [1.165, 1.54) is 27.1 Å². The molecule has 29 heavy (non-hydrogen) atoms. The zero-order valence-electron chi connectivity index (χ0n) is 17.5. The van der Waals surface area contributed by atoms with Gasteiger partial charge in [0.15, 0.2) is 0 Å². The summed E-state index contributed by atoms with van der Waals surface area (Å²) in [5.41, 5.74) is 5.84. The zero-order valence-corrected chi connectivity index (χ0v) is 18.3. The molecule has 0 bridgehead atoms. The predicted molar refractivity (Wildman–Crippen MR) is 124 cm³/mol. The van der Waals surface area contributed by atoms with Crippen molar-refractivity contribution in [3.05, 3.63) is 87.1 Å². The summed E-state index contributed by atoms with van der Waals surface area (Å²) in [6, 6.07) is 19.1. The van der Waals surface area contributed by atoms with Crippen LogP contribution in [0.3, 0.4) is 0 Å². The number of carbonyl (C=O) groups excluding carboxylic acids is 1. The first-order valence-electron chi connectivity index (χ1n) is 10.4. The summed E-state index contributed by atoms with van der Waals surface area (Å²) in [5.74, 6) is -0.00710. The molecule has 0 saturated heterocycles. The van der Waals surface area contributed by atoms with Crippen molar-refractivity contribution < 1.29 is 4.79 Å². The molecule has 4 heteroatoms. The predicted octanol–water partition coefficient (Wildman–Crippen LogP) is 5.75. The van der Waals surface area contributed by atoms with Crippen molar-refractivity contribution in [2.75, 3.05) is 11.9 Å². The molecule has 2 N–H and O–H groups in total. The van der Waals surface area contributed by atoms with Crippen molar-refractivity contribution in [3.8, 4) is 0 Å². The monoisotopic (exact) mass is 406 g/mol. The Hall–Kier alpha value is -2.43. The second-order valence-electron chi connectivity index (χ2n) is 7.13. The van der Waals surface area contributed by atoms with E-state index in [4.69, 9.17) is 0 Å². The third-order valence-corrected chi connectivity index (χ3v) is 6.22. The quantitative estimate of drug-likeness (QED) is 0.475. The fraction of sp³-hybridized carbons (Fsp3) is 0.320. The molecule has 1 heterocycles. The molecule has 1 amide bonds. The van der Waals surface area contributed by atoms with Gasteiger partial charge in [0.2, 0.25) is 5.91 Å². The van der Waals surface area contributed by atoms with Crippen molar-refractivity contribution >= 4 is 22.9 Å². The highest BCUT2D eigenvalue weighted by Gasteiger charge is 2.17. The number of anilines is 1. The SMILES string of the molecule is CCc1ccc([C@@H](NCC(=O)Nc2c(CC)cccc2CC)c2cccs2)cc1. The third kappa shape index (κ3) is 5.34. The van der Waals surface area contributed by atoms with Gasteiger partial charge in [-0.05, 0) is 53.0 Å². The number of rotatable bonds is 9. The number of benzene rings is 2. The highest BCUT2D eigenvalue weighted by atomic mass is 32.1. The molecule has 3 rings (SSSR count).